The molecule has 0 saturated carbocycles. The van der Waals surface area contributed by atoms with Crippen molar-refractivity contribution in [3.63, 3.8) is 0 Å². The molecule has 3 N–H and O–H groups in total. The first-order valence-corrected chi connectivity index (χ1v) is 3.48. The van der Waals surface area contributed by atoms with E-state index in [2.05, 4.69) is 15.5 Å². The molecule has 0 atom stereocenters. The van der Waals surface area contributed by atoms with Crippen LogP contribution in [0.15, 0.2) is 4.52 Å². The fourth-order valence-electron chi connectivity index (χ4n) is 0.658. The lowest BCUT2D eigenvalue weighted by Gasteiger charge is -1.96. The Morgan fingerprint density at radius 1 is 1.75 bits per heavy atom. The molecule has 1 heterocycles. The summed E-state index contributed by atoms with van der Waals surface area (Å²) in [4.78, 5) is 14.5. The molecule has 0 aromatic carbocycles. The highest BCUT2D eigenvalue weighted by atomic mass is 16.5. The number of aryl methyl sites for hydroxylation is 1. The third-order valence-corrected chi connectivity index (χ3v) is 1.19. The van der Waals surface area contributed by atoms with E-state index in [4.69, 9.17) is 10.3 Å². The van der Waals surface area contributed by atoms with Gasteiger partial charge in [0.1, 0.15) is 0 Å². The third kappa shape index (κ3) is 2.31. The van der Waals surface area contributed by atoms with Crippen LogP contribution in [0.25, 0.3) is 0 Å². The molecule has 1 amide bonds. The second-order valence-corrected chi connectivity index (χ2v) is 2.22. The Morgan fingerprint density at radius 3 is 3.00 bits per heavy atom. The second-order valence-electron chi connectivity index (χ2n) is 2.22. The monoisotopic (exact) mass is 170 g/mol. The maximum atomic E-state index is 10.7. The third-order valence-electron chi connectivity index (χ3n) is 1.19. The lowest BCUT2D eigenvalue weighted by atomic mass is 10.5. The van der Waals surface area contributed by atoms with Crippen LogP contribution in [0.3, 0.4) is 0 Å². The lowest BCUT2D eigenvalue weighted by molar-refractivity contribution is -0.120. The minimum atomic E-state index is -0.245. The zero-order valence-corrected chi connectivity index (χ0v) is 6.70. The number of carbonyl (C=O) groups excluding carboxylic acids is 1. The van der Waals surface area contributed by atoms with Crippen molar-refractivity contribution >= 4 is 5.91 Å². The van der Waals surface area contributed by atoms with Gasteiger partial charge in [0.25, 0.3) is 0 Å². The summed E-state index contributed by atoms with van der Waals surface area (Å²) in [5, 5.41) is 6.05. The van der Waals surface area contributed by atoms with E-state index >= 15 is 0 Å². The summed E-state index contributed by atoms with van der Waals surface area (Å²) in [5.41, 5.74) is 5.06. The molecular formula is C6H10N4O2. The Hall–Kier alpha value is -1.43. The predicted molar refractivity (Wildman–Crippen MR) is 39.9 cm³/mol. The molecule has 66 valence electrons. The number of hydrogen-bond donors (Lipinski definition) is 2. The topological polar surface area (TPSA) is 94.0 Å². The van der Waals surface area contributed by atoms with Gasteiger partial charge in [0.2, 0.25) is 11.8 Å². The van der Waals surface area contributed by atoms with Crippen molar-refractivity contribution in [1.29, 1.82) is 0 Å². The molecule has 0 radical (unpaired) electrons. The number of nitrogens with zero attached hydrogens (tertiary/aromatic N) is 2. The Bertz CT molecular complexity index is 270. The van der Waals surface area contributed by atoms with Crippen molar-refractivity contribution in [2.45, 2.75) is 13.5 Å². The zero-order valence-electron chi connectivity index (χ0n) is 6.70. The van der Waals surface area contributed by atoms with Crippen molar-refractivity contribution in [2.75, 3.05) is 6.54 Å². The Labute approximate surface area is 69.1 Å². The number of amides is 1. The van der Waals surface area contributed by atoms with Crippen molar-refractivity contribution in [3.8, 4) is 0 Å². The molecule has 0 aliphatic rings. The number of rotatable bonds is 3. The number of nitrogens with two attached hydrogens (primary N) is 1. The van der Waals surface area contributed by atoms with Gasteiger partial charge < -0.3 is 15.6 Å². The van der Waals surface area contributed by atoms with Crippen LogP contribution in [0.2, 0.25) is 0 Å². The quantitative estimate of drug-likeness (QED) is 0.603. The molecule has 1 rings (SSSR count). The molecule has 0 aliphatic heterocycles. The van der Waals surface area contributed by atoms with Gasteiger partial charge in [-0.1, -0.05) is 5.16 Å². The van der Waals surface area contributed by atoms with Gasteiger partial charge in [-0.25, -0.2) is 0 Å². The predicted octanol–water partition coefficient (Wildman–Crippen LogP) is -1.05. The van der Waals surface area contributed by atoms with Gasteiger partial charge in [0.15, 0.2) is 5.82 Å². The zero-order chi connectivity index (χ0) is 8.97. The Kier molecular flexibility index (Phi) is 2.76. The van der Waals surface area contributed by atoms with Crippen molar-refractivity contribution in [2.24, 2.45) is 5.73 Å². The molecule has 6 nitrogen and oxygen atoms in total. The van der Waals surface area contributed by atoms with Crippen LogP contribution in [-0.2, 0) is 11.3 Å². The Morgan fingerprint density at radius 2 is 2.50 bits per heavy atom. The van der Waals surface area contributed by atoms with Gasteiger partial charge in [0.05, 0.1) is 13.1 Å². The largest absolute Gasteiger partial charge is 0.346 e. The van der Waals surface area contributed by atoms with Crippen molar-refractivity contribution in [3.05, 3.63) is 11.7 Å². The maximum Gasteiger partial charge on any atom is 0.246 e. The molecule has 0 spiro atoms. The summed E-state index contributed by atoms with van der Waals surface area (Å²) >= 11 is 0. The van der Waals surface area contributed by atoms with Crippen molar-refractivity contribution < 1.29 is 9.32 Å². The summed E-state index contributed by atoms with van der Waals surface area (Å²) < 4.78 is 4.74. The van der Waals surface area contributed by atoms with E-state index in [9.17, 15) is 4.79 Å². The van der Waals surface area contributed by atoms with Gasteiger partial charge in [-0.2, -0.15) is 4.98 Å². The summed E-state index contributed by atoms with van der Waals surface area (Å²) in [7, 11) is 0. The number of hydrogen-bond acceptors (Lipinski definition) is 5. The van der Waals surface area contributed by atoms with E-state index in [-0.39, 0.29) is 19.0 Å². The Balaban J connectivity index is 2.38. The summed E-state index contributed by atoms with van der Waals surface area (Å²) in [6, 6.07) is 0. The minimum absolute atomic E-state index is 0.0346. The first-order valence-electron chi connectivity index (χ1n) is 3.48. The highest BCUT2D eigenvalue weighted by Crippen LogP contribution is 1.93. The average molecular weight is 170 g/mol. The minimum Gasteiger partial charge on any atom is -0.346 e. The molecule has 0 fully saturated rings. The standard InChI is InChI=1S/C6H10N4O2/c1-4-9-6(12-10-4)3-8-5(11)2-7/h2-3,7H2,1H3,(H,8,11). The van der Waals surface area contributed by atoms with E-state index in [1.165, 1.54) is 0 Å². The van der Waals surface area contributed by atoms with Crippen LogP contribution < -0.4 is 11.1 Å². The second kappa shape index (κ2) is 3.82. The van der Waals surface area contributed by atoms with Gasteiger partial charge in [-0.05, 0) is 6.92 Å². The summed E-state index contributed by atoms with van der Waals surface area (Å²) in [6.07, 6.45) is 0. The average Bonchev–Trinajstić information content (AvgIpc) is 2.47. The summed E-state index contributed by atoms with van der Waals surface area (Å²) in [6.45, 7) is 1.90. The van der Waals surface area contributed by atoms with Crippen molar-refractivity contribution in [1.82, 2.24) is 15.5 Å². The van der Waals surface area contributed by atoms with Gasteiger partial charge >= 0.3 is 0 Å². The lowest BCUT2D eigenvalue weighted by Crippen LogP contribution is -2.29. The van der Waals surface area contributed by atoms with Crippen LogP contribution in [0.5, 0.6) is 0 Å². The molecule has 1 aromatic heterocycles. The first-order chi connectivity index (χ1) is 5.72. The fraction of sp³-hybridized carbons (Fsp3) is 0.500. The van der Waals surface area contributed by atoms with Crippen LogP contribution in [0, 0.1) is 6.92 Å². The highest BCUT2D eigenvalue weighted by Gasteiger charge is 2.03. The maximum absolute atomic E-state index is 10.7. The van der Waals surface area contributed by atoms with E-state index in [1.54, 1.807) is 6.92 Å². The number of aromatic nitrogens is 2. The highest BCUT2D eigenvalue weighted by molar-refractivity contribution is 5.77. The van der Waals surface area contributed by atoms with Crippen LogP contribution in [0.4, 0.5) is 0 Å². The van der Waals surface area contributed by atoms with Gasteiger partial charge in [-0.3, -0.25) is 4.79 Å². The fourth-order valence-corrected chi connectivity index (χ4v) is 0.658. The number of nitrogens with one attached hydrogen (secondary N) is 1. The first kappa shape index (κ1) is 8.66. The van der Waals surface area contributed by atoms with E-state index in [0.717, 1.165) is 0 Å². The molecular weight excluding hydrogens is 160 g/mol. The van der Waals surface area contributed by atoms with Crippen LogP contribution in [-0.4, -0.2) is 22.6 Å². The van der Waals surface area contributed by atoms with Crippen LogP contribution in [0.1, 0.15) is 11.7 Å². The smallest absolute Gasteiger partial charge is 0.246 e. The number of carbonyl (C=O) groups is 1. The molecule has 12 heavy (non-hydrogen) atoms. The molecule has 0 aliphatic carbocycles. The molecule has 1 aromatic rings. The van der Waals surface area contributed by atoms with Gasteiger partial charge in [-0.15, -0.1) is 0 Å². The molecule has 0 bridgehead atoms. The molecule has 0 unspecified atom stereocenters. The molecule has 0 saturated heterocycles. The normalized spacial score (nSPS) is 9.83. The van der Waals surface area contributed by atoms with E-state index in [0.29, 0.717) is 11.7 Å². The van der Waals surface area contributed by atoms with Crippen LogP contribution >= 0.6 is 0 Å². The van der Waals surface area contributed by atoms with E-state index < -0.39 is 0 Å². The van der Waals surface area contributed by atoms with E-state index in [1.807, 2.05) is 0 Å². The summed E-state index contributed by atoms with van der Waals surface area (Å²) in [5.74, 6) is 0.687. The SMILES string of the molecule is Cc1noc(CNC(=O)CN)n1. The van der Waals surface area contributed by atoms with Gasteiger partial charge in [0, 0.05) is 0 Å². The molecule has 6 heteroatoms.